The quantitative estimate of drug-likeness (QED) is 0.303. The molecule has 184 valence electrons. The maximum atomic E-state index is 13.0. The van der Waals surface area contributed by atoms with Crippen molar-refractivity contribution in [3.8, 4) is 11.5 Å². The summed E-state index contributed by atoms with van der Waals surface area (Å²) in [4.78, 5) is 27.5. The molecule has 0 aromatic heterocycles. The largest absolute Gasteiger partial charge is 0.493 e. The van der Waals surface area contributed by atoms with Gasteiger partial charge >= 0.3 is 0 Å². The zero-order valence-electron chi connectivity index (χ0n) is 20.2. The van der Waals surface area contributed by atoms with E-state index in [1.54, 1.807) is 23.1 Å². The summed E-state index contributed by atoms with van der Waals surface area (Å²) in [5, 5.41) is 2.88. The molecule has 0 unspecified atom stereocenters. The molecule has 1 heterocycles. The minimum Gasteiger partial charge on any atom is -0.493 e. The number of nitrogens with zero attached hydrogens (tertiary/aromatic N) is 1. The number of carbonyl (C=O) groups is 2. The highest BCUT2D eigenvalue weighted by Crippen LogP contribution is 2.35. The van der Waals surface area contributed by atoms with Crippen molar-refractivity contribution in [2.45, 2.75) is 20.4 Å². The van der Waals surface area contributed by atoms with Crippen molar-refractivity contribution in [2.75, 3.05) is 19.0 Å². The van der Waals surface area contributed by atoms with Gasteiger partial charge in [0.25, 0.3) is 11.8 Å². The van der Waals surface area contributed by atoms with Crippen molar-refractivity contribution < 1.29 is 19.1 Å². The molecular weight excluding hydrogens is 492 g/mol. The molecular formula is C28H26N2O4S2. The molecule has 3 aromatic rings. The first kappa shape index (κ1) is 25.5. The Hall–Kier alpha value is -3.62. The predicted octanol–water partition coefficient (Wildman–Crippen LogP) is 5.73. The minimum atomic E-state index is -0.267. The molecule has 36 heavy (non-hydrogen) atoms. The van der Waals surface area contributed by atoms with E-state index in [2.05, 4.69) is 5.32 Å². The van der Waals surface area contributed by atoms with Crippen LogP contribution in [-0.2, 0) is 16.1 Å². The molecule has 3 aromatic carbocycles. The summed E-state index contributed by atoms with van der Waals surface area (Å²) in [6.07, 6.45) is 1.78. The summed E-state index contributed by atoms with van der Waals surface area (Å²) in [5.41, 5.74) is 4.65. The third-order valence-corrected chi connectivity index (χ3v) is 7.16. The van der Waals surface area contributed by atoms with Crippen molar-refractivity contribution in [1.82, 2.24) is 4.90 Å². The maximum Gasteiger partial charge on any atom is 0.266 e. The second-order valence-corrected chi connectivity index (χ2v) is 9.92. The van der Waals surface area contributed by atoms with Crippen LogP contribution in [0.15, 0.2) is 71.6 Å². The third kappa shape index (κ3) is 5.95. The van der Waals surface area contributed by atoms with Crippen LogP contribution >= 0.6 is 24.0 Å². The zero-order valence-corrected chi connectivity index (χ0v) is 21.9. The monoisotopic (exact) mass is 518 g/mol. The number of rotatable bonds is 8. The number of anilines is 1. The fourth-order valence-electron chi connectivity index (χ4n) is 3.66. The number of hydrogen-bond donors (Lipinski definition) is 1. The number of aryl methyl sites for hydroxylation is 1. The summed E-state index contributed by atoms with van der Waals surface area (Å²) in [6, 6.07) is 20.8. The van der Waals surface area contributed by atoms with Gasteiger partial charge in [0.15, 0.2) is 18.1 Å². The average molecular weight is 519 g/mol. The molecule has 2 amide bonds. The molecule has 1 saturated heterocycles. The lowest BCUT2D eigenvalue weighted by molar-refractivity contribution is -0.122. The van der Waals surface area contributed by atoms with Crippen LogP contribution < -0.4 is 14.8 Å². The Bertz CT molecular complexity index is 1340. The lowest BCUT2D eigenvalue weighted by atomic mass is 10.1. The number of carbonyl (C=O) groups excluding carboxylic acids is 2. The number of amides is 2. The molecule has 0 bridgehead atoms. The molecule has 0 atom stereocenters. The van der Waals surface area contributed by atoms with Crippen LogP contribution in [0.3, 0.4) is 0 Å². The highest BCUT2D eigenvalue weighted by atomic mass is 32.2. The van der Waals surface area contributed by atoms with E-state index >= 15 is 0 Å². The van der Waals surface area contributed by atoms with Crippen LogP contribution in [-0.4, -0.2) is 34.8 Å². The Morgan fingerprint density at radius 3 is 2.58 bits per heavy atom. The van der Waals surface area contributed by atoms with E-state index in [1.807, 2.05) is 68.4 Å². The van der Waals surface area contributed by atoms with Gasteiger partial charge in [0, 0.05) is 5.69 Å². The van der Waals surface area contributed by atoms with E-state index < -0.39 is 0 Å². The second kappa shape index (κ2) is 11.4. The number of benzene rings is 3. The third-order valence-electron chi connectivity index (χ3n) is 5.78. The number of thioether (sulfide) groups is 1. The Kier molecular flexibility index (Phi) is 8.07. The van der Waals surface area contributed by atoms with Crippen LogP contribution in [0.1, 0.15) is 22.3 Å². The number of thiocarbonyl (C=S) groups is 1. The van der Waals surface area contributed by atoms with Gasteiger partial charge in [-0.15, -0.1) is 0 Å². The van der Waals surface area contributed by atoms with Crippen molar-refractivity contribution in [3.05, 3.63) is 93.9 Å². The Balaban J connectivity index is 1.42. The summed E-state index contributed by atoms with van der Waals surface area (Å²) in [5.74, 6) is 0.499. The summed E-state index contributed by atoms with van der Waals surface area (Å²) < 4.78 is 11.7. The van der Waals surface area contributed by atoms with E-state index in [0.717, 1.165) is 27.9 Å². The zero-order chi connectivity index (χ0) is 25.7. The van der Waals surface area contributed by atoms with Gasteiger partial charge in [0.2, 0.25) is 0 Å². The fourth-order valence-corrected chi connectivity index (χ4v) is 4.92. The van der Waals surface area contributed by atoms with Crippen LogP contribution in [0.2, 0.25) is 0 Å². The first-order chi connectivity index (χ1) is 17.4. The molecule has 8 heteroatoms. The predicted molar refractivity (Wildman–Crippen MR) is 148 cm³/mol. The van der Waals surface area contributed by atoms with Gasteiger partial charge < -0.3 is 14.8 Å². The normalized spacial score (nSPS) is 14.3. The lowest BCUT2D eigenvalue weighted by Gasteiger charge is -2.14. The van der Waals surface area contributed by atoms with E-state index in [-0.39, 0.29) is 18.4 Å². The molecule has 0 saturated carbocycles. The first-order valence-corrected chi connectivity index (χ1v) is 12.5. The van der Waals surface area contributed by atoms with Crippen LogP contribution in [0.25, 0.3) is 6.08 Å². The van der Waals surface area contributed by atoms with Crippen molar-refractivity contribution in [1.29, 1.82) is 0 Å². The topological polar surface area (TPSA) is 67.9 Å². The highest BCUT2D eigenvalue weighted by molar-refractivity contribution is 8.26. The fraction of sp³-hybridized carbons (Fsp3) is 0.179. The van der Waals surface area contributed by atoms with E-state index in [0.29, 0.717) is 27.3 Å². The number of ether oxygens (including phenoxy) is 2. The molecule has 0 aliphatic carbocycles. The van der Waals surface area contributed by atoms with Crippen molar-refractivity contribution >= 4 is 51.9 Å². The van der Waals surface area contributed by atoms with Gasteiger partial charge in [-0.1, -0.05) is 72.5 Å². The van der Waals surface area contributed by atoms with Gasteiger partial charge in [-0.2, -0.15) is 0 Å². The second-order valence-electron chi connectivity index (χ2n) is 8.25. The van der Waals surface area contributed by atoms with Gasteiger partial charge in [0.05, 0.1) is 18.6 Å². The van der Waals surface area contributed by atoms with Crippen molar-refractivity contribution in [2.24, 2.45) is 0 Å². The van der Waals surface area contributed by atoms with Crippen LogP contribution in [0, 0.1) is 13.8 Å². The first-order valence-electron chi connectivity index (χ1n) is 11.3. The SMILES string of the molecule is COc1cc(/C=C2\SC(=S)N(Cc3ccccc3)C2=O)ccc1OCC(=O)Nc1cccc(C)c1C. The van der Waals surface area contributed by atoms with Crippen LogP contribution in [0.5, 0.6) is 11.5 Å². The Morgan fingerprint density at radius 2 is 1.83 bits per heavy atom. The summed E-state index contributed by atoms with van der Waals surface area (Å²) in [7, 11) is 1.53. The molecule has 1 fully saturated rings. The molecule has 4 rings (SSSR count). The smallest absolute Gasteiger partial charge is 0.266 e. The van der Waals surface area contributed by atoms with E-state index in [9.17, 15) is 9.59 Å². The van der Waals surface area contributed by atoms with Gasteiger partial charge in [0.1, 0.15) is 4.32 Å². The van der Waals surface area contributed by atoms with Crippen LogP contribution in [0.4, 0.5) is 5.69 Å². The Labute approximate surface area is 220 Å². The lowest BCUT2D eigenvalue weighted by Crippen LogP contribution is -2.27. The molecule has 1 N–H and O–H groups in total. The number of hydrogen-bond acceptors (Lipinski definition) is 6. The highest BCUT2D eigenvalue weighted by Gasteiger charge is 2.32. The summed E-state index contributed by atoms with van der Waals surface area (Å²) in [6.45, 7) is 4.22. The number of nitrogens with one attached hydrogen (secondary N) is 1. The molecule has 0 radical (unpaired) electrons. The maximum absolute atomic E-state index is 13.0. The summed E-state index contributed by atoms with van der Waals surface area (Å²) >= 11 is 6.72. The molecule has 0 spiro atoms. The Morgan fingerprint density at radius 1 is 1.06 bits per heavy atom. The molecule has 1 aliphatic rings. The van der Waals surface area contributed by atoms with E-state index in [1.165, 1.54) is 18.9 Å². The standard InChI is InChI=1S/C28H26N2O4S2/c1-18-8-7-11-22(19(18)2)29-26(31)17-34-23-13-12-21(14-24(23)33-3)15-25-27(32)30(28(35)36-25)16-20-9-5-4-6-10-20/h4-15H,16-17H2,1-3H3,(H,29,31)/b25-15-. The van der Waals surface area contributed by atoms with Crippen molar-refractivity contribution in [3.63, 3.8) is 0 Å². The average Bonchev–Trinajstić information content (AvgIpc) is 3.13. The van der Waals surface area contributed by atoms with E-state index in [4.69, 9.17) is 21.7 Å². The minimum absolute atomic E-state index is 0.128. The van der Waals surface area contributed by atoms with Gasteiger partial charge in [-0.05, 0) is 60.4 Å². The molecule has 6 nitrogen and oxygen atoms in total. The van der Waals surface area contributed by atoms with Gasteiger partial charge in [-0.3, -0.25) is 14.5 Å². The van der Waals surface area contributed by atoms with Gasteiger partial charge in [-0.25, -0.2) is 0 Å². The molecule has 1 aliphatic heterocycles. The number of methoxy groups -OCH3 is 1.